The van der Waals surface area contributed by atoms with Crippen molar-refractivity contribution in [2.45, 2.75) is 44.2 Å². The van der Waals surface area contributed by atoms with E-state index in [0.717, 1.165) is 12.0 Å². The maximum atomic E-state index is 9.14. The molecule has 0 aromatic carbocycles. The molecule has 12 heavy (non-hydrogen) atoms. The smallest absolute Gasteiger partial charge is 0.0586 e. The third kappa shape index (κ3) is 1.27. The Morgan fingerprint density at radius 2 is 2.08 bits per heavy atom. The predicted molar refractivity (Wildman–Crippen MR) is 49.0 cm³/mol. The molecule has 0 bridgehead atoms. The van der Waals surface area contributed by atoms with Gasteiger partial charge in [-0.3, -0.25) is 4.90 Å². The van der Waals surface area contributed by atoms with E-state index >= 15 is 0 Å². The van der Waals surface area contributed by atoms with Crippen molar-refractivity contribution in [2.24, 2.45) is 5.92 Å². The molecule has 1 aliphatic heterocycles. The first kappa shape index (κ1) is 8.52. The van der Waals surface area contributed by atoms with Crippen molar-refractivity contribution in [1.29, 1.82) is 0 Å². The molecule has 2 nitrogen and oxygen atoms in total. The van der Waals surface area contributed by atoms with E-state index in [1.54, 1.807) is 0 Å². The van der Waals surface area contributed by atoms with Gasteiger partial charge in [0.05, 0.1) is 6.61 Å². The van der Waals surface area contributed by atoms with Gasteiger partial charge in [-0.1, -0.05) is 12.8 Å². The maximum Gasteiger partial charge on any atom is 0.0586 e. The molecule has 1 saturated carbocycles. The highest BCUT2D eigenvalue weighted by Crippen LogP contribution is 2.38. The molecule has 1 heterocycles. The van der Waals surface area contributed by atoms with Gasteiger partial charge in [0.15, 0.2) is 0 Å². The van der Waals surface area contributed by atoms with Crippen LogP contribution in [0.5, 0.6) is 0 Å². The largest absolute Gasteiger partial charge is 0.395 e. The van der Waals surface area contributed by atoms with Crippen LogP contribution in [0.1, 0.15) is 32.1 Å². The molecule has 2 heteroatoms. The highest BCUT2D eigenvalue weighted by molar-refractivity contribution is 4.93. The van der Waals surface area contributed by atoms with Crippen LogP contribution in [0.3, 0.4) is 0 Å². The highest BCUT2D eigenvalue weighted by Gasteiger charge is 2.39. The van der Waals surface area contributed by atoms with Gasteiger partial charge in [0.25, 0.3) is 0 Å². The lowest BCUT2D eigenvalue weighted by Gasteiger charge is -2.30. The molecular formula is C10H19NO. The van der Waals surface area contributed by atoms with E-state index in [4.69, 9.17) is 5.11 Å². The summed E-state index contributed by atoms with van der Waals surface area (Å²) in [7, 11) is 2.18. The number of hydrogen-bond acceptors (Lipinski definition) is 2. The van der Waals surface area contributed by atoms with Gasteiger partial charge in [0.1, 0.15) is 0 Å². The summed E-state index contributed by atoms with van der Waals surface area (Å²) in [5, 5.41) is 9.14. The summed E-state index contributed by atoms with van der Waals surface area (Å²) in [5.74, 6) is 0.890. The molecule has 3 atom stereocenters. The van der Waals surface area contributed by atoms with E-state index in [9.17, 15) is 0 Å². The Balaban J connectivity index is 2.03. The number of hydrogen-bond donors (Lipinski definition) is 1. The Morgan fingerprint density at radius 1 is 1.33 bits per heavy atom. The molecule has 70 valence electrons. The molecule has 1 aliphatic carbocycles. The predicted octanol–water partition coefficient (Wildman–Crippen LogP) is 1.24. The van der Waals surface area contributed by atoms with Gasteiger partial charge >= 0.3 is 0 Å². The lowest BCUT2D eigenvalue weighted by atomic mass is 9.85. The number of likely N-dealkylation sites (N-methyl/N-ethyl adjacent to an activating group) is 1. The average Bonchev–Trinajstić information content (AvgIpc) is 2.44. The lowest BCUT2D eigenvalue weighted by Crippen LogP contribution is -2.36. The zero-order valence-electron chi connectivity index (χ0n) is 7.87. The second kappa shape index (κ2) is 3.35. The van der Waals surface area contributed by atoms with Crippen LogP contribution in [-0.4, -0.2) is 35.7 Å². The van der Waals surface area contributed by atoms with Gasteiger partial charge < -0.3 is 5.11 Å². The fourth-order valence-corrected chi connectivity index (χ4v) is 2.99. The van der Waals surface area contributed by atoms with Crippen LogP contribution in [0.2, 0.25) is 0 Å². The summed E-state index contributed by atoms with van der Waals surface area (Å²) in [6.07, 6.45) is 6.79. The molecule has 2 aliphatic rings. The van der Waals surface area contributed by atoms with E-state index in [1.807, 2.05) is 0 Å². The van der Waals surface area contributed by atoms with Gasteiger partial charge in [-0.05, 0) is 32.2 Å². The Bertz CT molecular complexity index is 158. The summed E-state index contributed by atoms with van der Waals surface area (Å²) in [6, 6.07) is 1.24. The van der Waals surface area contributed by atoms with E-state index < -0.39 is 0 Å². The van der Waals surface area contributed by atoms with E-state index in [0.29, 0.717) is 12.6 Å². The molecule has 0 amide bonds. The van der Waals surface area contributed by atoms with Crippen molar-refractivity contribution >= 4 is 0 Å². The van der Waals surface area contributed by atoms with Crippen LogP contribution in [-0.2, 0) is 0 Å². The van der Waals surface area contributed by atoms with Crippen LogP contribution < -0.4 is 0 Å². The Labute approximate surface area is 74.6 Å². The minimum Gasteiger partial charge on any atom is -0.395 e. The Morgan fingerprint density at radius 3 is 2.75 bits per heavy atom. The molecule has 2 fully saturated rings. The first-order chi connectivity index (χ1) is 5.83. The van der Waals surface area contributed by atoms with Crippen LogP contribution in [0, 0.1) is 5.92 Å². The zero-order chi connectivity index (χ0) is 8.55. The van der Waals surface area contributed by atoms with Crippen LogP contribution >= 0.6 is 0 Å². The fraction of sp³-hybridized carbons (Fsp3) is 1.00. The molecule has 2 rings (SSSR count). The molecular weight excluding hydrogens is 150 g/mol. The monoisotopic (exact) mass is 169 g/mol. The first-order valence-electron chi connectivity index (χ1n) is 5.15. The topological polar surface area (TPSA) is 23.5 Å². The number of aliphatic hydroxyl groups is 1. The number of nitrogens with zero attached hydrogens (tertiary/aromatic N) is 1. The zero-order valence-corrected chi connectivity index (χ0v) is 7.87. The van der Waals surface area contributed by atoms with E-state index in [2.05, 4.69) is 11.9 Å². The van der Waals surface area contributed by atoms with E-state index in [1.165, 1.54) is 32.1 Å². The van der Waals surface area contributed by atoms with Crippen molar-refractivity contribution in [2.75, 3.05) is 13.7 Å². The minimum absolute atomic E-state index is 0.351. The molecule has 0 radical (unpaired) electrons. The van der Waals surface area contributed by atoms with Crippen LogP contribution in [0.15, 0.2) is 0 Å². The third-order valence-electron chi connectivity index (χ3n) is 3.75. The maximum absolute atomic E-state index is 9.14. The summed E-state index contributed by atoms with van der Waals surface area (Å²) < 4.78 is 0. The lowest BCUT2D eigenvalue weighted by molar-refractivity contribution is 0.140. The van der Waals surface area contributed by atoms with Crippen molar-refractivity contribution in [3.05, 3.63) is 0 Å². The highest BCUT2D eigenvalue weighted by atomic mass is 16.3. The summed E-state index contributed by atoms with van der Waals surface area (Å²) in [4.78, 5) is 2.41. The van der Waals surface area contributed by atoms with Gasteiger partial charge in [0, 0.05) is 12.1 Å². The van der Waals surface area contributed by atoms with Crippen molar-refractivity contribution < 1.29 is 5.11 Å². The summed E-state index contributed by atoms with van der Waals surface area (Å²) in [6.45, 7) is 0.351. The third-order valence-corrected chi connectivity index (χ3v) is 3.75. The van der Waals surface area contributed by atoms with Gasteiger partial charge in [-0.15, -0.1) is 0 Å². The number of fused-ring (bicyclic) bond motifs is 1. The van der Waals surface area contributed by atoms with Gasteiger partial charge in [0.2, 0.25) is 0 Å². The second-order valence-electron chi connectivity index (χ2n) is 4.35. The standard InChI is InChI=1S/C10H19NO/c1-11-9(7-12)6-8-4-2-3-5-10(8)11/h8-10,12H,2-7H2,1H3/t8-,9-,10-/m0/s1. The van der Waals surface area contributed by atoms with Crippen LogP contribution in [0.25, 0.3) is 0 Å². The van der Waals surface area contributed by atoms with Crippen molar-refractivity contribution in [3.8, 4) is 0 Å². The van der Waals surface area contributed by atoms with Crippen molar-refractivity contribution in [1.82, 2.24) is 4.90 Å². The molecule has 0 aromatic heterocycles. The van der Waals surface area contributed by atoms with Crippen LogP contribution in [0.4, 0.5) is 0 Å². The summed E-state index contributed by atoms with van der Waals surface area (Å²) >= 11 is 0. The van der Waals surface area contributed by atoms with Crippen molar-refractivity contribution in [3.63, 3.8) is 0 Å². The normalized spacial score (nSPS) is 43.0. The molecule has 1 saturated heterocycles. The SMILES string of the molecule is CN1[C@H](CO)C[C@@H]2CCCC[C@@H]21. The Hall–Kier alpha value is -0.0800. The molecule has 0 spiro atoms. The molecule has 0 aromatic rings. The number of aliphatic hydroxyl groups excluding tert-OH is 1. The average molecular weight is 169 g/mol. The Kier molecular flexibility index (Phi) is 2.37. The van der Waals surface area contributed by atoms with Gasteiger partial charge in [-0.25, -0.2) is 0 Å². The quantitative estimate of drug-likeness (QED) is 0.638. The fourth-order valence-electron chi connectivity index (χ4n) is 2.99. The number of rotatable bonds is 1. The molecule has 1 N–H and O–H groups in total. The number of likely N-dealkylation sites (tertiary alicyclic amines) is 1. The first-order valence-corrected chi connectivity index (χ1v) is 5.15. The molecule has 0 unspecified atom stereocenters. The summed E-state index contributed by atoms with van der Waals surface area (Å²) in [5.41, 5.74) is 0. The van der Waals surface area contributed by atoms with E-state index in [-0.39, 0.29) is 0 Å². The minimum atomic E-state index is 0.351. The van der Waals surface area contributed by atoms with Gasteiger partial charge in [-0.2, -0.15) is 0 Å². The second-order valence-corrected chi connectivity index (χ2v) is 4.35.